The van der Waals surface area contributed by atoms with E-state index in [0.717, 1.165) is 11.1 Å². The smallest absolute Gasteiger partial charge is 0.251 e. The Balaban J connectivity index is 1.63. The molecule has 0 radical (unpaired) electrons. The van der Waals surface area contributed by atoms with Crippen LogP contribution in [-0.4, -0.2) is 36.4 Å². The molecule has 2 aromatic carbocycles. The third-order valence-electron chi connectivity index (χ3n) is 4.22. The Labute approximate surface area is 157 Å². The number of benzene rings is 2. The summed E-state index contributed by atoms with van der Waals surface area (Å²) in [7, 11) is -1.91. The zero-order valence-corrected chi connectivity index (χ0v) is 16.0. The molecule has 3 aromatic rings. The number of hydrogen-bond donors (Lipinski definition) is 2. The molecule has 0 aliphatic heterocycles. The second kappa shape index (κ2) is 7.85. The van der Waals surface area contributed by atoms with Gasteiger partial charge in [-0.2, -0.15) is 0 Å². The lowest BCUT2D eigenvalue weighted by atomic mass is 10.1. The summed E-state index contributed by atoms with van der Waals surface area (Å²) >= 11 is 0. The number of aromatic nitrogens is 3. The first-order valence-corrected chi connectivity index (χ1v) is 10.2. The minimum Gasteiger partial charge on any atom is -0.348 e. The summed E-state index contributed by atoms with van der Waals surface area (Å²) in [4.78, 5) is 12.4. The second-order valence-corrected chi connectivity index (χ2v) is 8.00. The maximum atomic E-state index is 12.4. The van der Waals surface area contributed by atoms with Gasteiger partial charge in [-0.15, -0.1) is 5.10 Å². The van der Waals surface area contributed by atoms with Crippen molar-refractivity contribution in [2.24, 2.45) is 0 Å². The van der Waals surface area contributed by atoms with Crippen LogP contribution in [0.5, 0.6) is 0 Å². The SMILES string of the molecule is CCn1nnc2cc(C(=O)NCc3ccc(CS(=O)(=O)NC)cc3)ccc21. The van der Waals surface area contributed by atoms with E-state index in [2.05, 4.69) is 20.4 Å². The van der Waals surface area contributed by atoms with Crippen molar-refractivity contribution in [3.05, 3.63) is 59.2 Å². The van der Waals surface area contributed by atoms with Gasteiger partial charge in [0.25, 0.3) is 5.91 Å². The van der Waals surface area contributed by atoms with E-state index >= 15 is 0 Å². The first-order valence-electron chi connectivity index (χ1n) is 8.52. The lowest BCUT2D eigenvalue weighted by Gasteiger charge is -2.07. The van der Waals surface area contributed by atoms with Gasteiger partial charge in [0.05, 0.1) is 11.3 Å². The Morgan fingerprint density at radius 1 is 1.11 bits per heavy atom. The zero-order chi connectivity index (χ0) is 19.4. The first-order chi connectivity index (χ1) is 12.9. The summed E-state index contributed by atoms with van der Waals surface area (Å²) in [5, 5.41) is 11.0. The van der Waals surface area contributed by atoms with Gasteiger partial charge in [-0.05, 0) is 43.3 Å². The molecule has 1 aromatic heterocycles. The molecular weight excluding hydrogens is 366 g/mol. The minimum absolute atomic E-state index is 0.0748. The van der Waals surface area contributed by atoms with Gasteiger partial charge in [-0.25, -0.2) is 17.8 Å². The van der Waals surface area contributed by atoms with Crippen LogP contribution in [0.25, 0.3) is 11.0 Å². The van der Waals surface area contributed by atoms with Gasteiger partial charge < -0.3 is 5.32 Å². The predicted molar refractivity (Wildman–Crippen MR) is 102 cm³/mol. The molecule has 0 unspecified atom stereocenters. The van der Waals surface area contributed by atoms with Crippen molar-refractivity contribution in [1.29, 1.82) is 0 Å². The standard InChI is InChI=1S/C18H21N5O3S/c1-3-23-17-9-8-15(10-16(17)21-22-23)18(24)20-11-13-4-6-14(7-5-13)12-27(25,26)19-2/h4-10,19H,3,11-12H2,1-2H3,(H,20,24). The third kappa shape index (κ3) is 4.50. The zero-order valence-electron chi connectivity index (χ0n) is 15.1. The van der Waals surface area contributed by atoms with Gasteiger partial charge in [-0.3, -0.25) is 4.79 Å². The van der Waals surface area contributed by atoms with Gasteiger partial charge in [0.1, 0.15) is 5.52 Å². The number of nitrogens with zero attached hydrogens (tertiary/aromatic N) is 3. The van der Waals surface area contributed by atoms with Crippen LogP contribution < -0.4 is 10.0 Å². The van der Waals surface area contributed by atoms with Gasteiger partial charge >= 0.3 is 0 Å². The van der Waals surface area contributed by atoms with Crippen LogP contribution in [0.15, 0.2) is 42.5 Å². The van der Waals surface area contributed by atoms with E-state index in [0.29, 0.717) is 29.7 Å². The largest absolute Gasteiger partial charge is 0.348 e. The molecule has 8 nitrogen and oxygen atoms in total. The lowest BCUT2D eigenvalue weighted by Crippen LogP contribution is -2.23. The van der Waals surface area contributed by atoms with E-state index in [1.165, 1.54) is 7.05 Å². The molecule has 3 rings (SSSR count). The molecule has 0 fully saturated rings. The van der Waals surface area contributed by atoms with Crippen molar-refractivity contribution in [1.82, 2.24) is 25.0 Å². The maximum absolute atomic E-state index is 12.4. The Bertz CT molecular complexity index is 1060. The van der Waals surface area contributed by atoms with Crippen LogP contribution in [0.4, 0.5) is 0 Å². The third-order valence-corrected chi connectivity index (χ3v) is 5.55. The van der Waals surface area contributed by atoms with Crippen molar-refractivity contribution in [3.63, 3.8) is 0 Å². The van der Waals surface area contributed by atoms with Crippen molar-refractivity contribution >= 4 is 27.0 Å². The van der Waals surface area contributed by atoms with Crippen LogP contribution in [0, 0.1) is 0 Å². The fourth-order valence-electron chi connectivity index (χ4n) is 2.68. The summed E-state index contributed by atoms with van der Waals surface area (Å²) in [5.74, 6) is -0.279. The number of sulfonamides is 1. The molecule has 0 spiro atoms. The Hall–Kier alpha value is -2.78. The molecular formula is C18H21N5O3S. The van der Waals surface area contributed by atoms with Crippen molar-refractivity contribution < 1.29 is 13.2 Å². The summed E-state index contributed by atoms with van der Waals surface area (Å²) in [5.41, 5.74) is 3.65. The van der Waals surface area contributed by atoms with Crippen molar-refractivity contribution in [2.75, 3.05) is 7.05 Å². The Kier molecular flexibility index (Phi) is 5.52. The monoisotopic (exact) mass is 387 g/mol. The van der Waals surface area contributed by atoms with Crippen LogP contribution in [0.3, 0.4) is 0 Å². The summed E-state index contributed by atoms with van der Waals surface area (Å²) in [6, 6.07) is 12.4. The van der Waals surface area contributed by atoms with Gasteiger partial charge in [0.15, 0.2) is 0 Å². The molecule has 0 bridgehead atoms. The molecule has 1 heterocycles. The number of carbonyl (C=O) groups is 1. The van der Waals surface area contributed by atoms with Crippen molar-refractivity contribution in [3.8, 4) is 0 Å². The average molecular weight is 387 g/mol. The molecule has 0 atom stereocenters. The average Bonchev–Trinajstić information content (AvgIpc) is 3.09. The van der Waals surface area contributed by atoms with Crippen LogP contribution in [-0.2, 0) is 28.9 Å². The highest BCUT2D eigenvalue weighted by Gasteiger charge is 2.11. The molecule has 27 heavy (non-hydrogen) atoms. The number of aryl methyl sites for hydroxylation is 1. The van der Waals surface area contributed by atoms with Gasteiger partial charge in [-0.1, -0.05) is 29.5 Å². The van der Waals surface area contributed by atoms with Crippen LogP contribution in [0.2, 0.25) is 0 Å². The molecule has 0 aliphatic carbocycles. The van der Waals surface area contributed by atoms with E-state index in [1.807, 2.05) is 13.0 Å². The topological polar surface area (TPSA) is 106 Å². The van der Waals surface area contributed by atoms with Gasteiger partial charge in [0, 0.05) is 18.7 Å². The highest BCUT2D eigenvalue weighted by molar-refractivity contribution is 7.88. The highest BCUT2D eigenvalue weighted by Crippen LogP contribution is 2.14. The first kappa shape index (κ1) is 19.0. The van der Waals surface area contributed by atoms with E-state index in [9.17, 15) is 13.2 Å². The molecule has 142 valence electrons. The fourth-order valence-corrected chi connectivity index (χ4v) is 3.45. The van der Waals surface area contributed by atoms with E-state index < -0.39 is 10.0 Å². The number of fused-ring (bicyclic) bond motifs is 1. The fraction of sp³-hybridized carbons (Fsp3) is 0.278. The lowest BCUT2D eigenvalue weighted by molar-refractivity contribution is 0.0951. The second-order valence-electron chi connectivity index (χ2n) is 6.07. The number of rotatable bonds is 7. The van der Waals surface area contributed by atoms with E-state index in [-0.39, 0.29) is 11.7 Å². The summed E-state index contributed by atoms with van der Waals surface area (Å²) in [6.45, 7) is 3.04. The molecule has 0 aliphatic rings. The molecule has 0 saturated carbocycles. The molecule has 0 saturated heterocycles. The number of amides is 1. The van der Waals surface area contributed by atoms with Gasteiger partial charge in [0.2, 0.25) is 10.0 Å². The highest BCUT2D eigenvalue weighted by atomic mass is 32.2. The Morgan fingerprint density at radius 3 is 2.48 bits per heavy atom. The normalized spacial score (nSPS) is 11.6. The number of carbonyl (C=O) groups excluding carboxylic acids is 1. The maximum Gasteiger partial charge on any atom is 0.251 e. The van der Waals surface area contributed by atoms with E-state index in [4.69, 9.17) is 0 Å². The number of hydrogen-bond acceptors (Lipinski definition) is 5. The molecule has 9 heteroatoms. The van der Waals surface area contributed by atoms with Crippen LogP contribution in [0.1, 0.15) is 28.4 Å². The molecule has 2 N–H and O–H groups in total. The van der Waals surface area contributed by atoms with Crippen LogP contribution >= 0.6 is 0 Å². The quantitative estimate of drug-likeness (QED) is 0.638. The van der Waals surface area contributed by atoms with Crippen molar-refractivity contribution in [2.45, 2.75) is 25.8 Å². The molecule has 1 amide bonds. The summed E-state index contributed by atoms with van der Waals surface area (Å²) in [6.07, 6.45) is 0. The Morgan fingerprint density at radius 2 is 1.81 bits per heavy atom. The van der Waals surface area contributed by atoms with E-state index in [1.54, 1.807) is 41.1 Å². The summed E-state index contributed by atoms with van der Waals surface area (Å²) < 4.78 is 27.2. The predicted octanol–water partition coefficient (Wildman–Crippen LogP) is 1.43. The minimum atomic E-state index is -3.30. The number of nitrogens with one attached hydrogen (secondary N) is 2.